The highest BCUT2D eigenvalue weighted by atomic mass is 15.3. The van der Waals surface area contributed by atoms with Crippen molar-refractivity contribution in [2.75, 3.05) is 5.43 Å². The molecule has 1 aromatic rings. The lowest BCUT2D eigenvalue weighted by molar-refractivity contribution is 0.486. The monoisotopic (exact) mass is 217 g/mol. The Morgan fingerprint density at radius 1 is 1.25 bits per heavy atom. The van der Waals surface area contributed by atoms with Gasteiger partial charge in [-0.3, -0.25) is 5.43 Å². The number of aromatic nitrogens is 1. The second-order valence-electron chi connectivity index (χ2n) is 4.60. The van der Waals surface area contributed by atoms with Gasteiger partial charge in [-0.25, -0.2) is 4.98 Å². The molecule has 0 radical (unpaired) electrons. The molecule has 1 aliphatic carbocycles. The number of nitrogens with zero attached hydrogens (tertiary/aromatic N) is 2. The third-order valence-electron chi connectivity index (χ3n) is 3.25. The highest BCUT2D eigenvalue weighted by Gasteiger charge is 2.22. The van der Waals surface area contributed by atoms with Crippen molar-refractivity contribution in [2.24, 2.45) is 16.9 Å². The molecule has 0 spiro atoms. The van der Waals surface area contributed by atoms with Crippen molar-refractivity contribution in [3.63, 3.8) is 0 Å². The first kappa shape index (κ1) is 11.1. The topological polar surface area (TPSA) is 37.3 Å². The van der Waals surface area contributed by atoms with Crippen molar-refractivity contribution in [3.8, 4) is 0 Å². The van der Waals surface area contributed by atoms with Gasteiger partial charge in [0.15, 0.2) is 0 Å². The van der Waals surface area contributed by atoms with Gasteiger partial charge in [0, 0.05) is 11.9 Å². The van der Waals surface area contributed by atoms with Crippen LogP contribution < -0.4 is 5.43 Å². The van der Waals surface area contributed by atoms with Crippen LogP contribution in [0.5, 0.6) is 0 Å². The minimum absolute atomic E-state index is 0.597. The SMILES string of the molecule is C[C@@H]1CCC[C@@H](C)C1=NNc1ccccn1. The predicted octanol–water partition coefficient (Wildman–Crippen LogP) is 3.31. The summed E-state index contributed by atoms with van der Waals surface area (Å²) >= 11 is 0. The Balaban J connectivity index is 2.05. The van der Waals surface area contributed by atoms with E-state index in [2.05, 4.69) is 29.4 Å². The molecule has 1 heterocycles. The maximum atomic E-state index is 4.52. The molecular weight excluding hydrogens is 198 g/mol. The Morgan fingerprint density at radius 2 is 2.00 bits per heavy atom. The van der Waals surface area contributed by atoms with E-state index in [1.807, 2.05) is 18.2 Å². The zero-order valence-electron chi connectivity index (χ0n) is 9.98. The van der Waals surface area contributed by atoms with Crippen LogP contribution in [-0.4, -0.2) is 10.7 Å². The van der Waals surface area contributed by atoms with Crippen LogP contribution in [0.25, 0.3) is 0 Å². The highest BCUT2D eigenvalue weighted by molar-refractivity contribution is 5.89. The fourth-order valence-corrected chi connectivity index (χ4v) is 2.28. The summed E-state index contributed by atoms with van der Waals surface area (Å²) in [5.41, 5.74) is 4.34. The number of hydrazone groups is 1. The normalized spacial score (nSPS) is 25.2. The van der Waals surface area contributed by atoms with E-state index in [0.717, 1.165) is 5.82 Å². The molecular formula is C13H19N3. The van der Waals surface area contributed by atoms with Gasteiger partial charge in [0.1, 0.15) is 5.82 Å². The Hall–Kier alpha value is -1.38. The van der Waals surface area contributed by atoms with Crippen LogP contribution in [0.3, 0.4) is 0 Å². The molecule has 3 heteroatoms. The van der Waals surface area contributed by atoms with Gasteiger partial charge in [-0.05, 0) is 36.8 Å². The van der Waals surface area contributed by atoms with E-state index in [4.69, 9.17) is 0 Å². The van der Waals surface area contributed by atoms with Crippen molar-refractivity contribution in [1.29, 1.82) is 0 Å². The standard InChI is InChI=1S/C13H19N3/c1-10-6-5-7-11(2)13(10)16-15-12-8-3-4-9-14-12/h3-4,8-11H,5-7H2,1-2H3,(H,14,15)/t10-,11-/m1/s1. The van der Waals surface area contributed by atoms with Gasteiger partial charge < -0.3 is 0 Å². The summed E-state index contributed by atoms with van der Waals surface area (Å²) in [5, 5.41) is 4.52. The lowest BCUT2D eigenvalue weighted by Crippen LogP contribution is -2.25. The maximum Gasteiger partial charge on any atom is 0.146 e. The van der Waals surface area contributed by atoms with E-state index in [1.165, 1.54) is 25.0 Å². The van der Waals surface area contributed by atoms with E-state index < -0.39 is 0 Å². The highest BCUT2D eigenvalue weighted by Crippen LogP contribution is 2.26. The van der Waals surface area contributed by atoms with Gasteiger partial charge >= 0.3 is 0 Å². The van der Waals surface area contributed by atoms with Crippen LogP contribution in [0.2, 0.25) is 0 Å². The molecule has 0 aromatic carbocycles. The van der Waals surface area contributed by atoms with Gasteiger partial charge in [0.2, 0.25) is 0 Å². The zero-order chi connectivity index (χ0) is 11.4. The summed E-state index contributed by atoms with van der Waals surface area (Å²) in [5.74, 6) is 2.01. The summed E-state index contributed by atoms with van der Waals surface area (Å²) in [6.45, 7) is 4.52. The minimum Gasteiger partial charge on any atom is -0.261 e. The molecule has 1 aliphatic rings. The van der Waals surface area contributed by atoms with Crippen molar-refractivity contribution in [1.82, 2.24) is 4.98 Å². The fraction of sp³-hybridized carbons (Fsp3) is 0.538. The number of hydrogen-bond acceptors (Lipinski definition) is 3. The molecule has 3 nitrogen and oxygen atoms in total. The molecule has 1 aromatic heterocycles. The number of hydrogen-bond donors (Lipinski definition) is 1. The third-order valence-corrected chi connectivity index (χ3v) is 3.25. The molecule has 1 N–H and O–H groups in total. The van der Waals surface area contributed by atoms with Crippen molar-refractivity contribution >= 4 is 11.5 Å². The second-order valence-corrected chi connectivity index (χ2v) is 4.60. The summed E-state index contributed by atoms with van der Waals surface area (Å²) in [4.78, 5) is 4.20. The lowest BCUT2D eigenvalue weighted by atomic mass is 9.81. The molecule has 16 heavy (non-hydrogen) atoms. The maximum absolute atomic E-state index is 4.52. The Bertz CT molecular complexity index is 347. The molecule has 2 rings (SSSR count). The molecule has 0 aliphatic heterocycles. The molecule has 86 valence electrons. The van der Waals surface area contributed by atoms with E-state index >= 15 is 0 Å². The number of rotatable bonds is 2. The average molecular weight is 217 g/mol. The molecule has 0 amide bonds. The van der Waals surface area contributed by atoms with Crippen LogP contribution in [0.1, 0.15) is 33.1 Å². The number of pyridine rings is 1. The molecule has 0 unspecified atom stereocenters. The van der Waals surface area contributed by atoms with Gasteiger partial charge in [-0.2, -0.15) is 5.10 Å². The first-order valence-electron chi connectivity index (χ1n) is 6.02. The van der Waals surface area contributed by atoms with E-state index in [9.17, 15) is 0 Å². The first-order chi connectivity index (χ1) is 7.77. The summed E-state index contributed by atoms with van der Waals surface area (Å²) < 4.78 is 0. The molecule has 1 fully saturated rings. The molecule has 1 saturated carbocycles. The summed E-state index contributed by atoms with van der Waals surface area (Å²) in [7, 11) is 0. The van der Waals surface area contributed by atoms with Crippen molar-refractivity contribution < 1.29 is 0 Å². The van der Waals surface area contributed by atoms with E-state index in [-0.39, 0.29) is 0 Å². The number of anilines is 1. The zero-order valence-corrected chi connectivity index (χ0v) is 9.98. The largest absolute Gasteiger partial charge is 0.261 e. The van der Waals surface area contributed by atoms with Crippen LogP contribution in [0.4, 0.5) is 5.82 Å². The Labute approximate surface area is 97.0 Å². The predicted molar refractivity (Wildman–Crippen MR) is 67.5 cm³/mol. The average Bonchev–Trinajstić information content (AvgIpc) is 2.30. The third kappa shape index (κ3) is 2.60. The van der Waals surface area contributed by atoms with Crippen molar-refractivity contribution in [2.45, 2.75) is 33.1 Å². The molecule has 0 bridgehead atoms. The van der Waals surface area contributed by atoms with Gasteiger partial charge in [-0.15, -0.1) is 0 Å². The second kappa shape index (κ2) is 5.10. The van der Waals surface area contributed by atoms with Crippen LogP contribution in [0, 0.1) is 11.8 Å². The molecule has 0 saturated heterocycles. The van der Waals surface area contributed by atoms with Crippen molar-refractivity contribution in [3.05, 3.63) is 24.4 Å². The van der Waals surface area contributed by atoms with Gasteiger partial charge in [0.25, 0.3) is 0 Å². The van der Waals surface area contributed by atoms with Gasteiger partial charge in [0.05, 0.1) is 0 Å². The summed E-state index contributed by atoms with van der Waals surface area (Å²) in [6, 6.07) is 5.80. The summed E-state index contributed by atoms with van der Waals surface area (Å²) in [6.07, 6.45) is 5.61. The first-order valence-corrected chi connectivity index (χ1v) is 6.02. The van der Waals surface area contributed by atoms with Gasteiger partial charge in [-0.1, -0.05) is 26.3 Å². The van der Waals surface area contributed by atoms with E-state index in [0.29, 0.717) is 11.8 Å². The smallest absolute Gasteiger partial charge is 0.146 e. The minimum atomic E-state index is 0.597. The molecule has 2 atom stereocenters. The van der Waals surface area contributed by atoms with Crippen LogP contribution >= 0.6 is 0 Å². The quantitative estimate of drug-likeness (QED) is 0.772. The van der Waals surface area contributed by atoms with Crippen LogP contribution in [0.15, 0.2) is 29.5 Å². The van der Waals surface area contributed by atoms with Crippen LogP contribution in [-0.2, 0) is 0 Å². The lowest BCUT2D eigenvalue weighted by Gasteiger charge is -2.26. The Morgan fingerprint density at radius 3 is 2.62 bits per heavy atom. The number of nitrogens with one attached hydrogen (secondary N) is 1. The fourth-order valence-electron chi connectivity index (χ4n) is 2.28. The Kier molecular flexibility index (Phi) is 3.54. The van der Waals surface area contributed by atoms with E-state index in [1.54, 1.807) is 6.20 Å².